The van der Waals surface area contributed by atoms with Crippen LogP contribution < -0.4 is 9.44 Å². The molecule has 0 aromatic heterocycles. The molecule has 0 bridgehead atoms. The molecule has 7 nitrogen and oxygen atoms in total. The van der Waals surface area contributed by atoms with Gasteiger partial charge in [0.25, 0.3) is 10.2 Å². The molecule has 1 amide bonds. The third kappa shape index (κ3) is 7.29. The predicted octanol–water partition coefficient (Wildman–Crippen LogP) is 3.78. The number of amides is 1. The number of hydrogen-bond acceptors (Lipinski definition) is 4. The summed E-state index contributed by atoms with van der Waals surface area (Å²) in [6, 6.07) is 5.46. The lowest BCUT2D eigenvalue weighted by molar-refractivity contribution is 0.0233. The van der Waals surface area contributed by atoms with E-state index >= 15 is 0 Å². The van der Waals surface area contributed by atoms with Crippen molar-refractivity contribution in [3.05, 3.63) is 33.8 Å². The maximum Gasteiger partial charge on any atom is 0.410 e. The van der Waals surface area contributed by atoms with Crippen LogP contribution in [-0.4, -0.2) is 51.7 Å². The highest BCUT2D eigenvalue weighted by molar-refractivity contribution is 7.87. The van der Waals surface area contributed by atoms with E-state index in [1.165, 1.54) is 7.05 Å². The molecule has 0 spiro atoms. The smallest absolute Gasteiger partial charge is 0.410 e. The molecular formula is C19H29Cl2N3O4S. The Labute approximate surface area is 183 Å². The van der Waals surface area contributed by atoms with Crippen molar-refractivity contribution in [1.82, 2.24) is 14.3 Å². The van der Waals surface area contributed by atoms with Crippen LogP contribution in [0.3, 0.4) is 0 Å². The first kappa shape index (κ1) is 24.2. The van der Waals surface area contributed by atoms with Gasteiger partial charge in [0.2, 0.25) is 0 Å². The highest BCUT2D eigenvalue weighted by Gasteiger charge is 2.33. The zero-order valence-electron chi connectivity index (χ0n) is 17.2. The number of nitrogens with zero attached hydrogens (tertiary/aromatic N) is 1. The third-order valence-corrected chi connectivity index (χ3v) is 6.62. The molecular weight excluding hydrogens is 437 g/mol. The van der Waals surface area contributed by atoms with Crippen LogP contribution in [0.2, 0.25) is 10.0 Å². The summed E-state index contributed by atoms with van der Waals surface area (Å²) in [5.41, 5.74) is 0.370. The maximum atomic E-state index is 12.6. The Hall–Kier alpha value is -1.06. The number of hydrogen-bond donors (Lipinski definition) is 2. The lowest BCUT2D eigenvalue weighted by Gasteiger charge is -2.30. The number of carbonyl (C=O) groups is 1. The van der Waals surface area contributed by atoms with Crippen LogP contribution in [0.4, 0.5) is 4.79 Å². The summed E-state index contributed by atoms with van der Waals surface area (Å²) in [5, 5.41) is 0.916. The van der Waals surface area contributed by atoms with Gasteiger partial charge in [-0.3, -0.25) is 0 Å². The van der Waals surface area contributed by atoms with E-state index in [1.54, 1.807) is 11.0 Å². The molecule has 0 saturated carbocycles. The number of rotatable bonds is 5. The highest BCUT2D eigenvalue weighted by Crippen LogP contribution is 2.36. The summed E-state index contributed by atoms with van der Waals surface area (Å²) in [6.07, 6.45) is 1.15. The molecule has 0 radical (unpaired) electrons. The second kappa shape index (κ2) is 9.83. The monoisotopic (exact) mass is 465 g/mol. The molecule has 2 N–H and O–H groups in total. The lowest BCUT2D eigenvalue weighted by atomic mass is 9.83. The Morgan fingerprint density at radius 3 is 2.55 bits per heavy atom. The largest absolute Gasteiger partial charge is 0.444 e. The van der Waals surface area contributed by atoms with E-state index in [-0.39, 0.29) is 18.4 Å². The summed E-state index contributed by atoms with van der Waals surface area (Å²) >= 11 is 12.3. The van der Waals surface area contributed by atoms with E-state index in [1.807, 2.05) is 32.9 Å². The van der Waals surface area contributed by atoms with Crippen LogP contribution in [0.1, 0.15) is 45.1 Å². The average molecular weight is 466 g/mol. The standard InChI is InChI=1S/C19H29Cl2N3O4S/c1-19(2,3)28-18(25)24-9-5-6-15(13-7-8-16(20)17(21)10-13)14(12-24)11-23-29(26,27)22-4/h7-8,10,14-15,22-23H,5-6,9,11-12H2,1-4H3. The van der Waals surface area contributed by atoms with Gasteiger partial charge < -0.3 is 9.64 Å². The van der Waals surface area contributed by atoms with Gasteiger partial charge in [-0.2, -0.15) is 8.42 Å². The number of nitrogens with one attached hydrogen (secondary N) is 2. The highest BCUT2D eigenvalue weighted by atomic mass is 35.5. The van der Waals surface area contributed by atoms with Crippen molar-refractivity contribution in [2.45, 2.75) is 45.1 Å². The molecule has 164 valence electrons. The third-order valence-electron chi connectivity index (χ3n) is 4.79. The minimum Gasteiger partial charge on any atom is -0.444 e. The van der Waals surface area contributed by atoms with Crippen molar-refractivity contribution in [2.75, 3.05) is 26.7 Å². The fourth-order valence-corrected chi connectivity index (χ4v) is 4.29. The summed E-state index contributed by atoms with van der Waals surface area (Å²) < 4.78 is 34.1. The van der Waals surface area contributed by atoms with Gasteiger partial charge in [0.05, 0.1) is 10.0 Å². The van der Waals surface area contributed by atoms with Crippen LogP contribution in [-0.2, 0) is 14.9 Å². The van der Waals surface area contributed by atoms with Crippen molar-refractivity contribution >= 4 is 39.5 Å². The number of carbonyl (C=O) groups excluding carboxylic acids is 1. The van der Waals surface area contributed by atoms with Gasteiger partial charge in [0.15, 0.2) is 0 Å². The quantitative estimate of drug-likeness (QED) is 0.692. The van der Waals surface area contributed by atoms with Gasteiger partial charge in [0.1, 0.15) is 5.60 Å². The van der Waals surface area contributed by atoms with Gasteiger partial charge in [-0.15, -0.1) is 0 Å². The topological polar surface area (TPSA) is 87.7 Å². The summed E-state index contributed by atoms with van der Waals surface area (Å²) in [5.74, 6) is -0.151. The van der Waals surface area contributed by atoms with E-state index in [0.717, 1.165) is 18.4 Å². The second-order valence-corrected chi connectivity index (χ2v) is 10.7. The molecule has 1 fully saturated rings. The van der Waals surface area contributed by atoms with E-state index in [2.05, 4.69) is 9.44 Å². The zero-order chi connectivity index (χ0) is 21.8. The molecule has 2 rings (SSSR count). The molecule has 29 heavy (non-hydrogen) atoms. The minimum absolute atomic E-state index is 0.0109. The second-order valence-electron chi connectivity index (χ2n) is 8.16. The Kier molecular flexibility index (Phi) is 8.21. The predicted molar refractivity (Wildman–Crippen MR) is 116 cm³/mol. The Balaban J connectivity index is 2.28. The van der Waals surface area contributed by atoms with Gasteiger partial charge in [-0.1, -0.05) is 29.3 Å². The first-order valence-corrected chi connectivity index (χ1v) is 11.8. The minimum atomic E-state index is -3.60. The van der Waals surface area contributed by atoms with Crippen molar-refractivity contribution in [3.63, 3.8) is 0 Å². The molecule has 10 heteroatoms. The van der Waals surface area contributed by atoms with Gasteiger partial charge in [-0.25, -0.2) is 14.2 Å². The zero-order valence-corrected chi connectivity index (χ0v) is 19.5. The van der Waals surface area contributed by atoms with E-state index in [9.17, 15) is 13.2 Å². The summed E-state index contributed by atoms with van der Waals surface area (Å²) in [6.45, 7) is 6.54. The molecule has 1 aliphatic heterocycles. The first-order valence-electron chi connectivity index (χ1n) is 9.53. The van der Waals surface area contributed by atoms with Crippen LogP contribution >= 0.6 is 23.2 Å². The number of halogens is 2. The summed E-state index contributed by atoms with van der Waals surface area (Å²) in [4.78, 5) is 14.3. The normalized spacial score (nSPS) is 21.0. The van der Waals surface area contributed by atoms with Gasteiger partial charge in [-0.05, 0) is 63.1 Å². The van der Waals surface area contributed by atoms with Crippen LogP contribution in [0.15, 0.2) is 18.2 Å². The Bertz CT molecular complexity index is 827. The molecule has 1 aromatic rings. The van der Waals surface area contributed by atoms with E-state index in [4.69, 9.17) is 27.9 Å². The molecule has 0 aliphatic carbocycles. The van der Waals surface area contributed by atoms with E-state index < -0.39 is 21.9 Å². The van der Waals surface area contributed by atoms with Crippen LogP contribution in [0.25, 0.3) is 0 Å². The lowest BCUT2D eigenvalue weighted by Crippen LogP contribution is -2.44. The number of ether oxygens (including phenoxy) is 1. The van der Waals surface area contributed by atoms with Crippen molar-refractivity contribution in [3.8, 4) is 0 Å². The molecule has 1 aliphatic rings. The molecule has 2 unspecified atom stereocenters. The number of benzene rings is 1. The van der Waals surface area contributed by atoms with Gasteiger partial charge in [0, 0.05) is 26.7 Å². The number of likely N-dealkylation sites (tertiary alicyclic amines) is 1. The summed E-state index contributed by atoms with van der Waals surface area (Å²) in [7, 11) is -2.25. The average Bonchev–Trinajstić information content (AvgIpc) is 2.84. The molecule has 1 heterocycles. The SMILES string of the molecule is CNS(=O)(=O)NCC1CN(C(=O)OC(C)(C)C)CCCC1c1ccc(Cl)c(Cl)c1. The van der Waals surface area contributed by atoms with Crippen LogP contribution in [0, 0.1) is 5.92 Å². The molecule has 1 aromatic carbocycles. The Morgan fingerprint density at radius 2 is 1.97 bits per heavy atom. The van der Waals surface area contributed by atoms with E-state index in [0.29, 0.717) is 23.1 Å². The van der Waals surface area contributed by atoms with Gasteiger partial charge >= 0.3 is 6.09 Å². The van der Waals surface area contributed by atoms with Crippen molar-refractivity contribution in [2.24, 2.45) is 5.92 Å². The maximum absolute atomic E-state index is 12.6. The van der Waals surface area contributed by atoms with Crippen molar-refractivity contribution < 1.29 is 17.9 Å². The first-order chi connectivity index (χ1) is 13.4. The fourth-order valence-electron chi connectivity index (χ4n) is 3.41. The molecule has 2 atom stereocenters. The van der Waals surface area contributed by atoms with Crippen molar-refractivity contribution in [1.29, 1.82) is 0 Å². The Morgan fingerprint density at radius 1 is 1.28 bits per heavy atom. The van der Waals surface area contributed by atoms with Crippen LogP contribution in [0.5, 0.6) is 0 Å². The molecule has 1 saturated heterocycles. The fraction of sp³-hybridized carbons (Fsp3) is 0.632.